The molecule has 2 aromatic rings. The molecule has 0 N–H and O–H groups in total. The second-order valence-electron chi connectivity index (χ2n) is 5.97. The summed E-state index contributed by atoms with van der Waals surface area (Å²) in [6, 6.07) is 10.0. The summed E-state index contributed by atoms with van der Waals surface area (Å²) in [5.74, 6) is -2.38. The summed E-state index contributed by atoms with van der Waals surface area (Å²) in [5, 5.41) is 4.65. The lowest BCUT2D eigenvalue weighted by Gasteiger charge is -2.20. The van der Waals surface area contributed by atoms with Crippen LogP contribution in [0, 0.1) is 11.6 Å². The van der Waals surface area contributed by atoms with E-state index in [0.717, 1.165) is 20.9 Å². The minimum atomic E-state index is -3.88. The minimum Gasteiger partial charge on any atom is -0.207 e. The molecule has 2 aromatic carbocycles. The molecule has 5 nitrogen and oxygen atoms in total. The smallest absolute Gasteiger partial charge is 0.207 e. The van der Waals surface area contributed by atoms with Crippen LogP contribution in [0.5, 0.6) is 0 Å². The third-order valence-electron chi connectivity index (χ3n) is 4.10. The Morgan fingerprint density at radius 3 is 2.23 bits per heavy atom. The predicted molar refractivity (Wildman–Crippen MR) is 96.4 cm³/mol. The van der Waals surface area contributed by atoms with Crippen molar-refractivity contribution in [3.05, 3.63) is 70.2 Å². The average Bonchev–Trinajstić information content (AvgIpc) is 3.01. The van der Waals surface area contributed by atoms with Crippen LogP contribution in [0.2, 0.25) is 5.02 Å². The number of benzene rings is 2. The van der Waals surface area contributed by atoms with E-state index in [0.29, 0.717) is 10.6 Å². The van der Waals surface area contributed by atoms with Crippen molar-refractivity contribution >= 4 is 27.5 Å². The molecule has 0 amide bonds. The van der Waals surface area contributed by atoms with Crippen molar-refractivity contribution in [2.45, 2.75) is 5.92 Å². The molecule has 1 aliphatic rings. The summed E-state index contributed by atoms with van der Waals surface area (Å²) >= 11 is 5.89. The van der Waals surface area contributed by atoms with Crippen LogP contribution in [0.25, 0.3) is 0 Å². The molecule has 26 heavy (non-hydrogen) atoms. The van der Waals surface area contributed by atoms with Crippen LogP contribution >= 0.6 is 11.6 Å². The number of halogens is 3. The van der Waals surface area contributed by atoms with Gasteiger partial charge in [0.1, 0.15) is 11.6 Å². The molecule has 0 aromatic heterocycles. The predicted octanol–water partition coefficient (Wildman–Crippen LogP) is 3.23. The first-order chi connectivity index (χ1) is 12.2. The van der Waals surface area contributed by atoms with Gasteiger partial charge in [0.25, 0.3) is 0 Å². The first-order valence-electron chi connectivity index (χ1n) is 7.70. The lowest BCUT2D eigenvalue weighted by Crippen LogP contribution is -2.36. The van der Waals surface area contributed by atoms with E-state index in [1.807, 2.05) is 0 Å². The van der Waals surface area contributed by atoms with Gasteiger partial charge >= 0.3 is 10.2 Å². The molecule has 1 heterocycles. The van der Waals surface area contributed by atoms with Gasteiger partial charge in [-0.2, -0.15) is 22.2 Å². The Kier molecular flexibility index (Phi) is 5.01. The van der Waals surface area contributed by atoms with E-state index < -0.39 is 27.8 Å². The van der Waals surface area contributed by atoms with Crippen LogP contribution < -0.4 is 0 Å². The van der Waals surface area contributed by atoms with Crippen LogP contribution in [-0.4, -0.2) is 43.5 Å². The van der Waals surface area contributed by atoms with Gasteiger partial charge in [0.15, 0.2) is 0 Å². The van der Waals surface area contributed by atoms with Crippen LogP contribution in [0.4, 0.5) is 8.78 Å². The zero-order valence-electron chi connectivity index (χ0n) is 14.0. The Hall–Kier alpha value is -2.03. The highest BCUT2D eigenvalue weighted by Crippen LogP contribution is 2.33. The Morgan fingerprint density at radius 1 is 1.12 bits per heavy atom. The third-order valence-corrected chi connectivity index (χ3v) is 6.04. The van der Waals surface area contributed by atoms with Gasteiger partial charge < -0.3 is 0 Å². The van der Waals surface area contributed by atoms with E-state index in [1.165, 1.54) is 20.2 Å². The largest absolute Gasteiger partial charge is 0.318 e. The Balaban J connectivity index is 2.14. The van der Waals surface area contributed by atoms with Gasteiger partial charge in [-0.25, -0.2) is 8.78 Å². The van der Waals surface area contributed by atoms with Crippen molar-refractivity contribution in [3.63, 3.8) is 0 Å². The van der Waals surface area contributed by atoms with E-state index in [9.17, 15) is 17.2 Å². The van der Waals surface area contributed by atoms with Crippen molar-refractivity contribution in [2.24, 2.45) is 5.10 Å². The summed E-state index contributed by atoms with van der Waals surface area (Å²) in [5.41, 5.74) is 0.590. The second kappa shape index (κ2) is 6.94. The van der Waals surface area contributed by atoms with Gasteiger partial charge in [0, 0.05) is 24.7 Å². The molecule has 1 unspecified atom stereocenters. The van der Waals surface area contributed by atoms with Crippen LogP contribution in [0.1, 0.15) is 17.0 Å². The van der Waals surface area contributed by atoms with Crippen LogP contribution in [-0.2, 0) is 10.2 Å². The number of nitrogens with zero attached hydrogens (tertiary/aromatic N) is 3. The topological polar surface area (TPSA) is 53.0 Å². The van der Waals surface area contributed by atoms with Gasteiger partial charge in [-0.15, -0.1) is 0 Å². The lowest BCUT2D eigenvalue weighted by atomic mass is 9.90. The molecule has 3 rings (SSSR count). The summed E-state index contributed by atoms with van der Waals surface area (Å²) in [7, 11) is -1.15. The molecule has 1 atom stereocenters. The summed E-state index contributed by atoms with van der Waals surface area (Å²) in [4.78, 5) is 0. The van der Waals surface area contributed by atoms with Crippen molar-refractivity contribution < 1.29 is 17.2 Å². The SMILES string of the molecule is CN(C)S(=O)(=O)N1CC(c2c(F)cccc2F)C(c2ccc(Cl)cc2)=N1. The molecule has 0 spiro atoms. The maximum atomic E-state index is 14.3. The highest BCUT2D eigenvalue weighted by molar-refractivity contribution is 7.86. The zero-order chi connectivity index (χ0) is 19.1. The molecule has 0 saturated carbocycles. The number of rotatable bonds is 4. The molecular weight excluding hydrogens is 384 g/mol. The third kappa shape index (κ3) is 3.32. The van der Waals surface area contributed by atoms with E-state index in [-0.39, 0.29) is 17.8 Å². The van der Waals surface area contributed by atoms with Crippen molar-refractivity contribution in [1.29, 1.82) is 0 Å². The molecule has 0 bridgehead atoms. The first kappa shape index (κ1) is 18.8. The van der Waals surface area contributed by atoms with Gasteiger partial charge in [-0.05, 0) is 29.8 Å². The van der Waals surface area contributed by atoms with E-state index >= 15 is 0 Å². The van der Waals surface area contributed by atoms with E-state index in [4.69, 9.17) is 11.6 Å². The van der Waals surface area contributed by atoms with Crippen molar-refractivity contribution in [3.8, 4) is 0 Å². The fraction of sp³-hybridized carbons (Fsp3) is 0.235. The molecule has 0 aliphatic carbocycles. The standard InChI is InChI=1S/C17H16ClF2N3O2S/c1-22(2)26(24,25)23-10-13(16-14(19)4-3-5-15(16)20)17(21-23)11-6-8-12(18)9-7-11/h3-9,13H,10H2,1-2H3. The normalized spacial score (nSPS) is 17.7. The fourth-order valence-electron chi connectivity index (χ4n) is 2.76. The summed E-state index contributed by atoms with van der Waals surface area (Å²) in [6.45, 7) is -0.198. The second-order valence-corrected chi connectivity index (χ2v) is 8.46. The first-order valence-corrected chi connectivity index (χ1v) is 9.48. The summed E-state index contributed by atoms with van der Waals surface area (Å²) < 4.78 is 55.4. The summed E-state index contributed by atoms with van der Waals surface area (Å²) in [6.07, 6.45) is 0. The van der Waals surface area contributed by atoms with Gasteiger partial charge in [-0.1, -0.05) is 29.8 Å². The van der Waals surface area contributed by atoms with Gasteiger partial charge in [0.05, 0.1) is 18.2 Å². The highest BCUT2D eigenvalue weighted by Gasteiger charge is 2.38. The highest BCUT2D eigenvalue weighted by atomic mass is 35.5. The zero-order valence-corrected chi connectivity index (χ0v) is 15.6. The molecule has 138 valence electrons. The number of hydrazone groups is 1. The molecule has 0 saturated heterocycles. The Labute approximate surface area is 155 Å². The maximum Gasteiger partial charge on any atom is 0.318 e. The monoisotopic (exact) mass is 399 g/mol. The molecule has 0 fully saturated rings. The Bertz CT molecular complexity index is 942. The Morgan fingerprint density at radius 2 is 1.69 bits per heavy atom. The average molecular weight is 400 g/mol. The lowest BCUT2D eigenvalue weighted by molar-refractivity contribution is 0.399. The minimum absolute atomic E-state index is 0.198. The van der Waals surface area contributed by atoms with Gasteiger partial charge in [-0.3, -0.25) is 0 Å². The quantitative estimate of drug-likeness (QED) is 0.792. The molecular formula is C17H16ClF2N3O2S. The van der Waals surface area contributed by atoms with Crippen molar-refractivity contribution in [2.75, 3.05) is 20.6 Å². The van der Waals surface area contributed by atoms with Crippen LogP contribution in [0.3, 0.4) is 0 Å². The van der Waals surface area contributed by atoms with Crippen molar-refractivity contribution in [1.82, 2.24) is 8.72 Å². The van der Waals surface area contributed by atoms with Gasteiger partial charge in [0.2, 0.25) is 0 Å². The molecule has 9 heteroatoms. The van der Waals surface area contributed by atoms with Crippen LogP contribution in [0.15, 0.2) is 47.6 Å². The van der Waals surface area contributed by atoms with E-state index in [1.54, 1.807) is 24.3 Å². The fourth-order valence-corrected chi connectivity index (χ4v) is 3.79. The molecule has 0 radical (unpaired) electrons. The molecule has 1 aliphatic heterocycles. The number of hydrogen-bond donors (Lipinski definition) is 0. The van der Waals surface area contributed by atoms with E-state index in [2.05, 4.69) is 5.10 Å². The maximum absolute atomic E-state index is 14.3. The number of hydrogen-bond acceptors (Lipinski definition) is 3.